The smallest absolute Gasteiger partial charge is 0.335 e. The van der Waals surface area contributed by atoms with E-state index < -0.39 is 5.97 Å². The van der Waals surface area contributed by atoms with Crippen LogP contribution in [0.2, 0.25) is 0 Å². The van der Waals surface area contributed by atoms with Crippen LogP contribution in [0.25, 0.3) is 0 Å². The summed E-state index contributed by atoms with van der Waals surface area (Å²) >= 11 is 0. The first kappa shape index (κ1) is 8.01. The summed E-state index contributed by atoms with van der Waals surface area (Å²) in [5, 5.41) is 9.49. The van der Waals surface area contributed by atoms with Crippen molar-refractivity contribution in [2.45, 2.75) is 6.92 Å². The molecule has 11 heavy (non-hydrogen) atoms. The number of rotatable bonds is 1. The van der Waals surface area contributed by atoms with E-state index >= 15 is 0 Å². The van der Waals surface area contributed by atoms with E-state index in [1.165, 1.54) is 0 Å². The fraction of sp³-hybridized carbons (Fsp3) is 0.125. The number of carbonyl (C=O) groups is 1. The lowest BCUT2D eigenvalue weighted by Crippen LogP contribution is -2.12. The summed E-state index contributed by atoms with van der Waals surface area (Å²) in [4.78, 5) is 10.6. The normalized spacial score (nSPS) is 9.64. The second-order valence-electron chi connectivity index (χ2n) is 2.28. The van der Waals surface area contributed by atoms with Gasteiger partial charge in [-0.3, -0.25) is 0 Å². The van der Waals surface area contributed by atoms with Gasteiger partial charge in [0.15, 0.2) is 0 Å². The molecule has 0 saturated heterocycles. The lowest BCUT2D eigenvalue weighted by Gasteiger charge is -2.02. The third-order valence-electron chi connectivity index (χ3n) is 1.56. The molecule has 0 aliphatic carbocycles. The highest BCUT2D eigenvalue weighted by Crippen LogP contribution is 2.03. The van der Waals surface area contributed by atoms with E-state index in [-0.39, 0.29) is 0 Å². The van der Waals surface area contributed by atoms with Gasteiger partial charge < -0.3 is 5.11 Å². The van der Waals surface area contributed by atoms with E-state index in [4.69, 9.17) is 5.11 Å². The molecule has 1 aromatic carbocycles. The molecule has 0 aliphatic rings. The highest BCUT2D eigenvalue weighted by molar-refractivity contribution is 6.33. The molecule has 1 N–H and O–H groups in total. The van der Waals surface area contributed by atoms with Crippen LogP contribution >= 0.6 is 0 Å². The minimum atomic E-state index is -0.886. The predicted molar refractivity (Wildman–Crippen MR) is 43.5 cm³/mol. The Bertz CT molecular complexity index is 294. The van der Waals surface area contributed by atoms with Crippen LogP contribution in [0.3, 0.4) is 0 Å². The molecule has 55 valence electrons. The molecule has 0 heterocycles. The van der Waals surface area contributed by atoms with Gasteiger partial charge in [-0.1, -0.05) is 17.3 Å². The van der Waals surface area contributed by atoms with Crippen LogP contribution in [-0.4, -0.2) is 21.3 Å². The molecule has 0 aliphatic heterocycles. The van der Waals surface area contributed by atoms with Crippen molar-refractivity contribution >= 4 is 21.4 Å². The molecule has 3 heteroatoms. The maximum absolute atomic E-state index is 10.6. The van der Waals surface area contributed by atoms with Crippen molar-refractivity contribution in [2.24, 2.45) is 0 Å². The fourth-order valence-corrected chi connectivity index (χ4v) is 1.10. The van der Waals surface area contributed by atoms with Gasteiger partial charge in [0.1, 0.15) is 0 Å². The van der Waals surface area contributed by atoms with Crippen LogP contribution in [0.15, 0.2) is 18.2 Å². The summed E-state index contributed by atoms with van der Waals surface area (Å²) < 4.78 is 0. The number of benzene rings is 1. The number of hydrogen-bond donors (Lipinski definition) is 1. The molecule has 0 saturated carbocycles. The van der Waals surface area contributed by atoms with E-state index in [9.17, 15) is 4.79 Å². The van der Waals surface area contributed by atoms with Crippen LogP contribution in [-0.2, 0) is 0 Å². The number of aromatic carboxylic acids is 1. The zero-order chi connectivity index (χ0) is 8.43. The second-order valence-corrected chi connectivity index (χ2v) is 2.82. The molecule has 0 amide bonds. The second kappa shape index (κ2) is 2.88. The van der Waals surface area contributed by atoms with Crippen molar-refractivity contribution < 1.29 is 9.90 Å². The molecule has 0 atom stereocenters. The Morgan fingerprint density at radius 3 is 2.64 bits per heavy atom. The summed E-state index contributed by atoms with van der Waals surface area (Å²) in [6.07, 6.45) is 0. The quantitative estimate of drug-likeness (QED) is 0.612. The van der Waals surface area contributed by atoms with Crippen molar-refractivity contribution in [1.82, 2.24) is 0 Å². The molecule has 2 nitrogen and oxygen atoms in total. The molecule has 3 radical (unpaired) electrons. The van der Waals surface area contributed by atoms with E-state index in [0.29, 0.717) is 5.56 Å². The van der Waals surface area contributed by atoms with Gasteiger partial charge in [0.05, 0.1) is 15.8 Å². The first-order valence-electron chi connectivity index (χ1n) is 3.17. The molecule has 0 aromatic heterocycles. The summed E-state index contributed by atoms with van der Waals surface area (Å²) in [6, 6.07) is 5.11. The molecule has 0 spiro atoms. The van der Waals surface area contributed by atoms with E-state index in [0.717, 1.165) is 10.8 Å². The Labute approximate surface area is 68.3 Å². The van der Waals surface area contributed by atoms with Crippen molar-refractivity contribution in [3.05, 3.63) is 29.3 Å². The van der Waals surface area contributed by atoms with E-state index in [1.54, 1.807) is 19.1 Å². The highest BCUT2D eigenvalue weighted by atomic mass is 28.1. The topological polar surface area (TPSA) is 37.3 Å². The van der Waals surface area contributed by atoms with E-state index in [1.807, 2.05) is 6.07 Å². The van der Waals surface area contributed by atoms with Gasteiger partial charge >= 0.3 is 5.97 Å². The maximum atomic E-state index is 10.6. The summed E-state index contributed by atoms with van der Waals surface area (Å²) in [5.74, 6) is -0.886. The van der Waals surface area contributed by atoms with Gasteiger partial charge in [-0.05, 0) is 18.6 Å². The molecule has 1 rings (SSSR count). The van der Waals surface area contributed by atoms with Crippen molar-refractivity contribution in [2.75, 3.05) is 0 Å². The van der Waals surface area contributed by atoms with Gasteiger partial charge in [-0.2, -0.15) is 0 Å². The Morgan fingerprint density at radius 1 is 1.55 bits per heavy atom. The first-order valence-corrected chi connectivity index (χ1v) is 3.67. The lowest BCUT2D eigenvalue weighted by molar-refractivity contribution is 0.0696. The number of hydrogen-bond acceptors (Lipinski definition) is 1. The number of carboxylic acid groups (broad SMARTS) is 1. The molecule has 1 aromatic rings. The van der Waals surface area contributed by atoms with Gasteiger partial charge in [0.2, 0.25) is 0 Å². The van der Waals surface area contributed by atoms with Gasteiger partial charge in [-0.25, -0.2) is 4.79 Å². The molecular weight excluding hydrogens is 156 g/mol. The molecular formula is C8H7O2Si. The average Bonchev–Trinajstić information content (AvgIpc) is 1.94. The third kappa shape index (κ3) is 1.49. The van der Waals surface area contributed by atoms with Crippen LogP contribution in [0.4, 0.5) is 0 Å². The monoisotopic (exact) mass is 163 g/mol. The third-order valence-corrected chi connectivity index (χ3v) is 2.11. The largest absolute Gasteiger partial charge is 0.478 e. The van der Waals surface area contributed by atoms with Crippen molar-refractivity contribution in [3.63, 3.8) is 0 Å². The average molecular weight is 163 g/mol. The Morgan fingerprint density at radius 2 is 2.18 bits per heavy atom. The number of carboxylic acids is 1. The molecule has 0 bridgehead atoms. The van der Waals surface area contributed by atoms with Crippen LogP contribution in [0, 0.1) is 6.92 Å². The SMILES string of the molecule is Cc1c([Si])cccc1C(=O)O. The van der Waals surface area contributed by atoms with Crippen molar-refractivity contribution in [1.29, 1.82) is 0 Å². The minimum Gasteiger partial charge on any atom is -0.478 e. The predicted octanol–water partition coefficient (Wildman–Crippen LogP) is 0.487. The zero-order valence-electron chi connectivity index (χ0n) is 6.09. The fourth-order valence-electron chi connectivity index (χ4n) is 0.867. The van der Waals surface area contributed by atoms with Crippen LogP contribution < -0.4 is 5.19 Å². The Balaban J connectivity index is 3.27. The van der Waals surface area contributed by atoms with Crippen LogP contribution in [0.5, 0.6) is 0 Å². The van der Waals surface area contributed by atoms with Crippen molar-refractivity contribution in [3.8, 4) is 0 Å². The van der Waals surface area contributed by atoms with Gasteiger partial charge in [-0.15, -0.1) is 0 Å². The highest BCUT2D eigenvalue weighted by Gasteiger charge is 2.06. The van der Waals surface area contributed by atoms with Gasteiger partial charge in [0, 0.05) is 0 Å². The minimum absolute atomic E-state index is 0.345. The molecule has 0 unspecified atom stereocenters. The van der Waals surface area contributed by atoms with Crippen LogP contribution in [0.1, 0.15) is 15.9 Å². The first-order chi connectivity index (χ1) is 5.13. The summed E-state index contributed by atoms with van der Waals surface area (Å²) in [6.45, 7) is 1.77. The zero-order valence-corrected chi connectivity index (χ0v) is 7.09. The molecule has 0 fully saturated rings. The lowest BCUT2D eigenvalue weighted by atomic mass is 10.1. The summed E-state index contributed by atoms with van der Waals surface area (Å²) in [7, 11) is 3.30. The Hall–Kier alpha value is -1.09. The van der Waals surface area contributed by atoms with Gasteiger partial charge in [0.25, 0.3) is 0 Å². The van der Waals surface area contributed by atoms with E-state index in [2.05, 4.69) is 10.2 Å². The maximum Gasteiger partial charge on any atom is 0.335 e. The Kier molecular flexibility index (Phi) is 2.10. The summed E-state index contributed by atoms with van der Waals surface area (Å²) in [5.41, 5.74) is 1.11. The standard InChI is InChI=1S/C8H7O2Si/c1-5-6(8(9)10)3-2-4-7(5)11/h2-4H,1H3,(H,9,10).